The number of methoxy groups -OCH3 is 2. The lowest BCUT2D eigenvalue weighted by atomic mass is 10.1. The first-order valence-corrected chi connectivity index (χ1v) is 7.86. The van der Waals surface area contributed by atoms with E-state index in [2.05, 4.69) is 10.6 Å². The van der Waals surface area contributed by atoms with Crippen LogP contribution in [0.1, 0.15) is 10.4 Å². The van der Waals surface area contributed by atoms with Crippen molar-refractivity contribution in [2.75, 3.05) is 20.8 Å². The standard InChI is InChI=1S/C16H20N2O3S/c1-20-14-6-5-12(10-15(14)21-2)7-8-17-16(19)18-11-13-4-3-9-22-13/h3-6,9-10H,7-8,11H2,1-2H3,(H2,17,18,19). The molecule has 0 atom stereocenters. The van der Waals surface area contributed by atoms with Crippen molar-refractivity contribution in [3.05, 3.63) is 46.2 Å². The van der Waals surface area contributed by atoms with E-state index in [1.54, 1.807) is 25.6 Å². The molecular weight excluding hydrogens is 300 g/mol. The number of carbonyl (C=O) groups excluding carboxylic acids is 1. The van der Waals surface area contributed by atoms with Gasteiger partial charge in [-0.3, -0.25) is 0 Å². The third kappa shape index (κ3) is 4.66. The third-order valence-corrected chi connectivity index (χ3v) is 4.03. The molecule has 2 amide bonds. The number of benzene rings is 1. The smallest absolute Gasteiger partial charge is 0.315 e. The Kier molecular flexibility index (Phi) is 6.09. The predicted octanol–water partition coefficient (Wildman–Crippen LogP) is 2.81. The fourth-order valence-corrected chi connectivity index (χ4v) is 2.64. The van der Waals surface area contributed by atoms with E-state index in [0.717, 1.165) is 16.9 Å². The normalized spacial score (nSPS) is 10.1. The minimum absolute atomic E-state index is 0.158. The van der Waals surface area contributed by atoms with Gasteiger partial charge in [0.25, 0.3) is 0 Å². The van der Waals surface area contributed by atoms with E-state index in [0.29, 0.717) is 24.6 Å². The van der Waals surface area contributed by atoms with Crippen molar-refractivity contribution >= 4 is 17.4 Å². The van der Waals surface area contributed by atoms with Crippen LogP contribution in [0.3, 0.4) is 0 Å². The Morgan fingerprint density at radius 3 is 2.64 bits per heavy atom. The molecule has 1 aromatic carbocycles. The van der Waals surface area contributed by atoms with Crippen molar-refractivity contribution < 1.29 is 14.3 Å². The van der Waals surface area contributed by atoms with Crippen molar-refractivity contribution in [2.45, 2.75) is 13.0 Å². The van der Waals surface area contributed by atoms with E-state index in [1.165, 1.54) is 0 Å². The summed E-state index contributed by atoms with van der Waals surface area (Å²) in [6.07, 6.45) is 0.729. The molecule has 6 heteroatoms. The van der Waals surface area contributed by atoms with Crippen LogP contribution in [-0.4, -0.2) is 26.8 Å². The van der Waals surface area contributed by atoms with Gasteiger partial charge in [0.15, 0.2) is 11.5 Å². The molecule has 22 heavy (non-hydrogen) atoms. The van der Waals surface area contributed by atoms with Gasteiger partial charge in [0.1, 0.15) is 0 Å². The Balaban J connectivity index is 1.74. The molecule has 0 saturated carbocycles. The number of carbonyl (C=O) groups is 1. The maximum Gasteiger partial charge on any atom is 0.315 e. The number of nitrogens with one attached hydrogen (secondary N) is 2. The Labute approximate surface area is 134 Å². The zero-order valence-corrected chi connectivity index (χ0v) is 13.5. The highest BCUT2D eigenvalue weighted by atomic mass is 32.1. The monoisotopic (exact) mass is 320 g/mol. The molecule has 1 aromatic heterocycles. The predicted molar refractivity (Wildman–Crippen MR) is 87.8 cm³/mol. The highest BCUT2D eigenvalue weighted by Gasteiger charge is 2.05. The molecule has 0 radical (unpaired) electrons. The zero-order valence-electron chi connectivity index (χ0n) is 12.7. The van der Waals surface area contributed by atoms with Crippen LogP contribution in [0.5, 0.6) is 11.5 Å². The van der Waals surface area contributed by atoms with Gasteiger partial charge in [0.05, 0.1) is 20.8 Å². The van der Waals surface area contributed by atoms with Gasteiger partial charge in [-0.15, -0.1) is 11.3 Å². The van der Waals surface area contributed by atoms with Gasteiger partial charge in [-0.1, -0.05) is 12.1 Å². The highest BCUT2D eigenvalue weighted by Crippen LogP contribution is 2.27. The molecule has 0 bridgehead atoms. The average molecular weight is 320 g/mol. The van der Waals surface area contributed by atoms with E-state index in [-0.39, 0.29) is 6.03 Å². The molecule has 0 aliphatic heterocycles. The van der Waals surface area contributed by atoms with Gasteiger partial charge in [-0.25, -0.2) is 4.79 Å². The lowest BCUT2D eigenvalue weighted by Crippen LogP contribution is -2.36. The summed E-state index contributed by atoms with van der Waals surface area (Å²) >= 11 is 1.62. The second-order valence-corrected chi connectivity index (χ2v) is 5.66. The fourth-order valence-electron chi connectivity index (χ4n) is 2.00. The minimum atomic E-state index is -0.158. The second kappa shape index (κ2) is 8.29. The zero-order chi connectivity index (χ0) is 15.8. The Hall–Kier alpha value is -2.21. The molecule has 0 unspecified atom stereocenters. The number of ether oxygens (including phenoxy) is 2. The van der Waals surface area contributed by atoms with E-state index >= 15 is 0 Å². The van der Waals surface area contributed by atoms with Crippen LogP contribution in [-0.2, 0) is 13.0 Å². The van der Waals surface area contributed by atoms with Crippen molar-refractivity contribution in [3.63, 3.8) is 0 Å². The number of hydrogen-bond donors (Lipinski definition) is 2. The molecule has 5 nitrogen and oxygen atoms in total. The summed E-state index contributed by atoms with van der Waals surface area (Å²) in [5, 5.41) is 7.66. The summed E-state index contributed by atoms with van der Waals surface area (Å²) in [7, 11) is 3.22. The van der Waals surface area contributed by atoms with Crippen LogP contribution in [0, 0.1) is 0 Å². The van der Waals surface area contributed by atoms with Gasteiger partial charge in [0.2, 0.25) is 0 Å². The first-order chi connectivity index (χ1) is 10.7. The molecule has 0 aliphatic carbocycles. The summed E-state index contributed by atoms with van der Waals surface area (Å²) in [5.41, 5.74) is 1.08. The average Bonchev–Trinajstić information content (AvgIpc) is 3.06. The minimum Gasteiger partial charge on any atom is -0.493 e. The van der Waals surface area contributed by atoms with Gasteiger partial charge < -0.3 is 20.1 Å². The first kappa shape index (κ1) is 16.2. The molecule has 0 aliphatic rings. The summed E-state index contributed by atoms with van der Waals surface area (Å²) in [4.78, 5) is 12.8. The molecule has 0 spiro atoms. The van der Waals surface area contributed by atoms with Crippen LogP contribution in [0.15, 0.2) is 35.7 Å². The van der Waals surface area contributed by atoms with Crippen LogP contribution in [0.4, 0.5) is 4.79 Å². The molecule has 2 rings (SSSR count). The lowest BCUT2D eigenvalue weighted by Gasteiger charge is -2.10. The topological polar surface area (TPSA) is 59.6 Å². The number of hydrogen-bond acceptors (Lipinski definition) is 4. The van der Waals surface area contributed by atoms with Crippen molar-refractivity contribution in [1.29, 1.82) is 0 Å². The SMILES string of the molecule is COc1ccc(CCNC(=O)NCc2cccs2)cc1OC. The number of urea groups is 1. The molecular formula is C16H20N2O3S. The van der Waals surface area contributed by atoms with E-state index in [9.17, 15) is 4.79 Å². The first-order valence-electron chi connectivity index (χ1n) is 6.98. The molecule has 118 valence electrons. The second-order valence-electron chi connectivity index (χ2n) is 4.63. The Morgan fingerprint density at radius 2 is 1.95 bits per heavy atom. The van der Waals surface area contributed by atoms with Crippen molar-refractivity contribution in [1.82, 2.24) is 10.6 Å². The van der Waals surface area contributed by atoms with Crippen LogP contribution >= 0.6 is 11.3 Å². The quantitative estimate of drug-likeness (QED) is 0.825. The van der Waals surface area contributed by atoms with E-state index in [4.69, 9.17) is 9.47 Å². The van der Waals surface area contributed by atoms with Crippen molar-refractivity contribution in [3.8, 4) is 11.5 Å². The summed E-state index contributed by atoms with van der Waals surface area (Å²) in [6.45, 7) is 1.12. The Morgan fingerprint density at radius 1 is 1.14 bits per heavy atom. The summed E-state index contributed by atoms with van der Waals surface area (Å²) < 4.78 is 10.5. The number of amides is 2. The highest BCUT2D eigenvalue weighted by molar-refractivity contribution is 7.09. The Bertz CT molecular complexity index is 599. The van der Waals surface area contributed by atoms with E-state index in [1.807, 2.05) is 35.7 Å². The van der Waals surface area contributed by atoms with E-state index < -0.39 is 0 Å². The van der Waals surface area contributed by atoms with Gasteiger partial charge in [-0.2, -0.15) is 0 Å². The van der Waals surface area contributed by atoms with Crippen LogP contribution in [0.25, 0.3) is 0 Å². The summed E-state index contributed by atoms with van der Waals surface area (Å²) in [5.74, 6) is 1.40. The molecule has 0 fully saturated rings. The fraction of sp³-hybridized carbons (Fsp3) is 0.312. The van der Waals surface area contributed by atoms with Crippen molar-refractivity contribution in [2.24, 2.45) is 0 Å². The van der Waals surface area contributed by atoms with Gasteiger partial charge in [0, 0.05) is 11.4 Å². The molecule has 2 N–H and O–H groups in total. The lowest BCUT2D eigenvalue weighted by molar-refractivity contribution is 0.240. The molecule has 1 heterocycles. The molecule has 2 aromatic rings. The van der Waals surface area contributed by atoms with Gasteiger partial charge >= 0.3 is 6.03 Å². The number of thiophene rings is 1. The van der Waals surface area contributed by atoms with Crippen LogP contribution in [0.2, 0.25) is 0 Å². The van der Waals surface area contributed by atoms with Gasteiger partial charge in [-0.05, 0) is 35.6 Å². The van der Waals surface area contributed by atoms with Crippen LogP contribution < -0.4 is 20.1 Å². The number of rotatable bonds is 7. The maximum atomic E-state index is 11.7. The third-order valence-electron chi connectivity index (χ3n) is 3.15. The largest absolute Gasteiger partial charge is 0.493 e. The maximum absolute atomic E-state index is 11.7. The summed E-state index contributed by atoms with van der Waals surface area (Å²) in [6, 6.07) is 9.56. The molecule has 0 saturated heterocycles.